The summed E-state index contributed by atoms with van der Waals surface area (Å²) < 4.78 is 0. The van der Waals surface area contributed by atoms with Crippen molar-refractivity contribution in [3.8, 4) is 12.3 Å². The van der Waals surface area contributed by atoms with Crippen molar-refractivity contribution in [2.75, 3.05) is 5.32 Å². The Balaban J connectivity index is 2.71. The van der Waals surface area contributed by atoms with Crippen LogP contribution in [0.2, 0.25) is 0 Å². The number of aromatic nitrogens is 1. The van der Waals surface area contributed by atoms with Crippen molar-refractivity contribution in [1.29, 1.82) is 0 Å². The maximum atomic E-state index is 10.8. The summed E-state index contributed by atoms with van der Waals surface area (Å²) in [5.41, 5.74) is 0.970. The molecule has 0 radical (unpaired) electrons. The summed E-state index contributed by atoms with van der Waals surface area (Å²) in [6.45, 7) is 4.09. The average Bonchev–Trinajstić information content (AvgIpc) is 2.52. The van der Waals surface area contributed by atoms with E-state index in [9.17, 15) is 4.79 Å². The second-order valence-corrected chi connectivity index (χ2v) is 3.69. The van der Waals surface area contributed by atoms with Crippen LogP contribution < -0.4 is 5.32 Å². The van der Waals surface area contributed by atoms with E-state index in [0.29, 0.717) is 11.0 Å². The van der Waals surface area contributed by atoms with Crippen LogP contribution in [0.3, 0.4) is 0 Å². The van der Waals surface area contributed by atoms with E-state index in [-0.39, 0.29) is 0 Å². The van der Waals surface area contributed by atoms with Crippen LogP contribution in [0.4, 0.5) is 5.13 Å². The van der Waals surface area contributed by atoms with Crippen molar-refractivity contribution in [1.82, 2.24) is 4.98 Å². The van der Waals surface area contributed by atoms with Gasteiger partial charge in [0.2, 0.25) is 0 Å². The molecule has 0 fully saturated rings. The lowest BCUT2D eigenvalue weighted by Gasteiger charge is -1.97. The van der Waals surface area contributed by atoms with E-state index in [1.54, 1.807) is 0 Å². The zero-order chi connectivity index (χ0) is 9.84. The molecule has 0 saturated heterocycles. The Morgan fingerprint density at radius 3 is 2.92 bits per heavy atom. The number of rotatable bonds is 2. The first-order valence-electron chi connectivity index (χ1n) is 3.86. The monoisotopic (exact) mass is 194 g/mol. The molecule has 0 spiro atoms. The molecule has 0 aliphatic carbocycles. The van der Waals surface area contributed by atoms with Crippen molar-refractivity contribution >= 4 is 22.4 Å². The van der Waals surface area contributed by atoms with Crippen molar-refractivity contribution in [2.45, 2.75) is 19.8 Å². The highest BCUT2D eigenvalue weighted by atomic mass is 32.1. The van der Waals surface area contributed by atoms with Gasteiger partial charge in [0.05, 0.1) is 5.69 Å². The zero-order valence-corrected chi connectivity index (χ0v) is 8.31. The molecule has 1 N–H and O–H groups in total. The third kappa shape index (κ3) is 2.56. The predicted molar refractivity (Wildman–Crippen MR) is 53.7 cm³/mol. The van der Waals surface area contributed by atoms with E-state index in [1.807, 2.05) is 25.1 Å². The topological polar surface area (TPSA) is 42.0 Å². The standard InChI is InChI=1S/C9H10N2OS/c1-4-8(12)11-9-10-7(5-13-9)6(2)3/h1,5-6H,2-3H3,(H,10,11,12). The molecule has 0 aromatic carbocycles. The summed E-state index contributed by atoms with van der Waals surface area (Å²) in [6, 6.07) is 0. The van der Waals surface area contributed by atoms with Gasteiger partial charge in [-0.25, -0.2) is 4.98 Å². The van der Waals surface area contributed by atoms with Crippen molar-refractivity contribution in [3.63, 3.8) is 0 Å². The molecule has 0 aliphatic rings. The van der Waals surface area contributed by atoms with Gasteiger partial charge < -0.3 is 0 Å². The van der Waals surface area contributed by atoms with Crippen LogP contribution in [-0.4, -0.2) is 10.9 Å². The molecule has 0 bridgehead atoms. The molecule has 4 heteroatoms. The second-order valence-electron chi connectivity index (χ2n) is 2.83. The highest BCUT2D eigenvalue weighted by molar-refractivity contribution is 7.14. The number of terminal acetylenes is 1. The minimum absolute atomic E-state index is 0.368. The molecular weight excluding hydrogens is 184 g/mol. The lowest BCUT2D eigenvalue weighted by Crippen LogP contribution is -2.07. The number of amides is 1. The van der Waals surface area contributed by atoms with Crippen LogP contribution >= 0.6 is 11.3 Å². The maximum absolute atomic E-state index is 10.8. The average molecular weight is 194 g/mol. The Labute approximate surface area is 81.2 Å². The Morgan fingerprint density at radius 2 is 2.46 bits per heavy atom. The number of carbonyl (C=O) groups is 1. The highest BCUT2D eigenvalue weighted by Crippen LogP contribution is 2.20. The van der Waals surface area contributed by atoms with Crippen LogP contribution in [0.5, 0.6) is 0 Å². The highest BCUT2D eigenvalue weighted by Gasteiger charge is 2.06. The van der Waals surface area contributed by atoms with Gasteiger partial charge in [0, 0.05) is 5.38 Å². The number of carbonyl (C=O) groups excluding carboxylic acids is 1. The normalized spacial score (nSPS) is 9.69. The van der Waals surface area contributed by atoms with Crippen molar-refractivity contribution in [2.24, 2.45) is 0 Å². The van der Waals surface area contributed by atoms with Gasteiger partial charge in [0.1, 0.15) is 0 Å². The fourth-order valence-corrected chi connectivity index (χ4v) is 1.61. The van der Waals surface area contributed by atoms with Crippen LogP contribution in [0, 0.1) is 12.3 Å². The molecule has 1 aromatic heterocycles. The first-order chi connectivity index (χ1) is 6.13. The molecule has 0 aliphatic heterocycles. The van der Waals surface area contributed by atoms with Gasteiger partial charge in [-0.2, -0.15) is 0 Å². The smallest absolute Gasteiger partial charge is 0.291 e. The Morgan fingerprint density at radius 1 is 1.77 bits per heavy atom. The maximum Gasteiger partial charge on any atom is 0.301 e. The van der Waals surface area contributed by atoms with Gasteiger partial charge in [-0.05, 0) is 11.8 Å². The van der Waals surface area contributed by atoms with E-state index in [0.717, 1.165) is 5.69 Å². The van der Waals surface area contributed by atoms with E-state index in [1.165, 1.54) is 11.3 Å². The molecule has 1 heterocycles. The SMILES string of the molecule is C#CC(=O)Nc1nc(C(C)C)cs1. The van der Waals surface area contributed by atoms with Gasteiger partial charge in [0.25, 0.3) is 0 Å². The van der Waals surface area contributed by atoms with Gasteiger partial charge in [-0.15, -0.1) is 17.8 Å². The van der Waals surface area contributed by atoms with E-state index in [4.69, 9.17) is 6.42 Å². The summed E-state index contributed by atoms with van der Waals surface area (Å²) in [4.78, 5) is 15.0. The molecule has 13 heavy (non-hydrogen) atoms. The lowest BCUT2D eigenvalue weighted by atomic mass is 10.2. The number of anilines is 1. The molecule has 1 amide bonds. The third-order valence-corrected chi connectivity index (χ3v) is 2.24. The molecule has 1 aromatic rings. The fraction of sp³-hybridized carbons (Fsp3) is 0.333. The van der Waals surface area contributed by atoms with Crippen molar-refractivity contribution in [3.05, 3.63) is 11.1 Å². The number of hydrogen-bond donors (Lipinski definition) is 1. The van der Waals surface area contributed by atoms with Gasteiger partial charge in [-0.1, -0.05) is 13.8 Å². The Bertz CT molecular complexity index is 349. The van der Waals surface area contributed by atoms with Crippen LogP contribution in [0.25, 0.3) is 0 Å². The molecule has 0 unspecified atom stereocenters. The largest absolute Gasteiger partial charge is 0.301 e. The summed E-state index contributed by atoms with van der Waals surface area (Å²) in [7, 11) is 0. The predicted octanol–water partition coefficient (Wildman–Crippen LogP) is 1.84. The summed E-state index contributed by atoms with van der Waals surface area (Å²) in [5, 5.41) is 4.97. The summed E-state index contributed by atoms with van der Waals surface area (Å²) >= 11 is 1.38. The van der Waals surface area contributed by atoms with Gasteiger partial charge >= 0.3 is 5.91 Å². The fourth-order valence-electron chi connectivity index (χ4n) is 0.742. The number of hydrogen-bond acceptors (Lipinski definition) is 3. The molecule has 0 saturated carbocycles. The van der Waals surface area contributed by atoms with Gasteiger partial charge in [0.15, 0.2) is 5.13 Å². The minimum atomic E-state index is -0.454. The van der Waals surface area contributed by atoms with E-state index in [2.05, 4.69) is 10.3 Å². The molecule has 68 valence electrons. The molecule has 0 atom stereocenters. The van der Waals surface area contributed by atoms with Crippen LogP contribution in [-0.2, 0) is 4.79 Å². The van der Waals surface area contributed by atoms with Crippen molar-refractivity contribution < 1.29 is 4.79 Å². The van der Waals surface area contributed by atoms with Crippen LogP contribution in [0.1, 0.15) is 25.5 Å². The number of nitrogens with one attached hydrogen (secondary N) is 1. The Kier molecular flexibility index (Phi) is 3.04. The lowest BCUT2D eigenvalue weighted by molar-refractivity contribution is -0.111. The van der Waals surface area contributed by atoms with E-state index < -0.39 is 5.91 Å². The second kappa shape index (κ2) is 4.06. The minimum Gasteiger partial charge on any atom is -0.291 e. The number of nitrogens with zero attached hydrogens (tertiary/aromatic N) is 1. The summed E-state index contributed by atoms with van der Waals surface area (Å²) in [6.07, 6.45) is 4.90. The first-order valence-corrected chi connectivity index (χ1v) is 4.74. The van der Waals surface area contributed by atoms with E-state index >= 15 is 0 Å². The number of thiazole rings is 1. The van der Waals surface area contributed by atoms with Gasteiger partial charge in [-0.3, -0.25) is 10.1 Å². The Hall–Kier alpha value is -1.34. The molecule has 3 nitrogen and oxygen atoms in total. The summed E-state index contributed by atoms with van der Waals surface area (Å²) in [5.74, 6) is 1.88. The first kappa shape index (κ1) is 9.75. The van der Waals surface area contributed by atoms with Crippen LogP contribution in [0.15, 0.2) is 5.38 Å². The zero-order valence-electron chi connectivity index (χ0n) is 7.50. The molecule has 1 rings (SSSR count). The molecular formula is C9H10N2OS. The quantitative estimate of drug-likeness (QED) is 0.730. The third-order valence-electron chi connectivity index (χ3n) is 1.47.